The molecule has 1 saturated carbocycles. The fraction of sp³-hybridized carbons (Fsp3) is 0.500. The molecular formula is C12H17NO2. The molecule has 1 aliphatic rings. The van der Waals surface area contributed by atoms with Crippen LogP contribution in [0.3, 0.4) is 0 Å². The lowest BCUT2D eigenvalue weighted by atomic mass is 9.89. The highest BCUT2D eigenvalue weighted by molar-refractivity contribution is 5.33. The molecule has 0 aliphatic heterocycles. The number of aliphatic hydroxyl groups is 1. The van der Waals surface area contributed by atoms with E-state index in [1.807, 2.05) is 24.3 Å². The summed E-state index contributed by atoms with van der Waals surface area (Å²) in [6.07, 6.45) is 1.82. The van der Waals surface area contributed by atoms with Gasteiger partial charge in [-0.25, -0.2) is 0 Å². The quantitative estimate of drug-likeness (QED) is 0.782. The minimum absolute atomic E-state index is 0.167. The fourth-order valence-corrected chi connectivity index (χ4v) is 1.81. The Morgan fingerprint density at radius 3 is 2.80 bits per heavy atom. The minimum Gasteiger partial charge on any atom is -0.496 e. The first-order chi connectivity index (χ1) is 7.31. The van der Waals surface area contributed by atoms with Crippen LogP contribution in [-0.4, -0.2) is 24.4 Å². The van der Waals surface area contributed by atoms with E-state index < -0.39 is 0 Å². The van der Waals surface area contributed by atoms with E-state index in [2.05, 4.69) is 5.32 Å². The van der Waals surface area contributed by atoms with Crippen LogP contribution >= 0.6 is 0 Å². The van der Waals surface area contributed by atoms with Gasteiger partial charge in [0.25, 0.3) is 0 Å². The highest BCUT2D eigenvalue weighted by Crippen LogP contribution is 2.22. The summed E-state index contributed by atoms with van der Waals surface area (Å²) < 4.78 is 5.25. The predicted octanol–water partition coefficient (Wildman–Crippen LogP) is 1.31. The summed E-state index contributed by atoms with van der Waals surface area (Å²) in [6.45, 7) is 0.756. The Labute approximate surface area is 90.1 Å². The van der Waals surface area contributed by atoms with Crippen molar-refractivity contribution in [3.05, 3.63) is 29.8 Å². The lowest BCUT2D eigenvalue weighted by Gasteiger charge is -2.33. The Bertz CT molecular complexity index is 327. The van der Waals surface area contributed by atoms with Gasteiger partial charge in [-0.3, -0.25) is 0 Å². The van der Waals surface area contributed by atoms with Gasteiger partial charge in [0.05, 0.1) is 13.2 Å². The summed E-state index contributed by atoms with van der Waals surface area (Å²) in [5.74, 6) is 0.902. The van der Waals surface area contributed by atoms with Crippen LogP contribution in [0.4, 0.5) is 0 Å². The molecule has 2 N–H and O–H groups in total. The van der Waals surface area contributed by atoms with E-state index in [-0.39, 0.29) is 12.1 Å². The number of nitrogens with one attached hydrogen (secondary N) is 1. The summed E-state index contributed by atoms with van der Waals surface area (Å²) in [6, 6.07) is 8.21. The predicted molar refractivity (Wildman–Crippen MR) is 58.9 cm³/mol. The summed E-state index contributed by atoms with van der Waals surface area (Å²) in [5.41, 5.74) is 1.14. The second-order valence-corrected chi connectivity index (χ2v) is 3.94. The number of ether oxygens (including phenoxy) is 1. The Balaban J connectivity index is 1.92. The van der Waals surface area contributed by atoms with Crippen molar-refractivity contribution >= 4 is 0 Å². The zero-order chi connectivity index (χ0) is 10.7. The molecule has 0 amide bonds. The van der Waals surface area contributed by atoms with Crippen molar-refractivity contribution in [1.29, 1.82) is 0 Å². The van der Waals surface area contributed by atoms with Crippen LogP contribution in [-0.2, 0) is 6.54 Å². The first kappa shape index (κ1) is 10.5. The third-order valence-electron chi connectivity index (χ3n) is 2.99. The number of methoxy groups -OCH3 is 1. The van der Waals surface area contributed by atoms with Crippen LogP contribution in [0.1, 0.15) is 18.4 Å². The van der Waals surface area contributed by atoms with Gasteiger partial charge in [-0.05, 0) is 18.9 Å². The highest BCUT2D eigenvalue weighted by Gasteiger charge is 2.27. The Morgan fingerprint density at radius 2 is 2.20 bits per heavy atom. The van der Waals surface area contributed by atoms with Crippen LogP contribution in [0, 0.1) is 0 Å². The second-order valence-electron chi connectivity index (χ2n) is 3.94. The number of rotatable bonds is 4. The van der Waals surface area contributed by atoms with Gasteiger partial charge in [0, 0.05) is 18.2 Å². The number of para-hydroxylation sites is 1. The van der Waals surface area contributed by atoms with Crippen molar-refractivity contribution in [1.82, 2.24) is 5.32 Å². The van der Waals surface area contributed by atoms with Crippen molar-refractivity contribution < 1.29 is 9.84 Å². The molecule has 1 aromatic carbocycles. The fourth-order valence-electron chi connectivity index (χ4n) is 1.81. The molecule has 2 atom stereocenters. The lowest BCUT2D eigenvalue weighted by molar-refractivity contribution is 0.0492. The molecule has 0 saturated heterocycles. The average molecular weight is 207 g/mol. The minimum atomic E-state index is -0.167. The molecule has 0 spiro atoms. The molecule has 0 unspecified atom stereocenters. The summed E-state index contributed by atoms with van der Waals surface area (Å²) in [7, 11) is 1.68. The van der Waals surface area contributed by atoms with Gasteiger partial charge in [-0.15, -0.1) is 0 Å². The van der Waals surface area contributed by atoms with Crippen molar-refractivity contribution in [2.24, 2.45) is 0 Å². The third kappa shape index (κ3) is 2.30. The maximum absolute atomic E-state index is 9.42. The first-order valence-corrected chi connectivity index (χ1v) is 5.34. The van der Waals surface area contributed by atoms with E-state index in [1.54, 1.807) is 7.11 Å². The summed E-state index contributed by atoms with van der Waals surface area (Å²) >= 11 is 0. The number of aliphatic hydroxyl groups excluding tert-OH is 1. The lowest BCUT2D eigenvalue weighted by Crippen LogP contribution is -2.47. The van der Waals surface area contributed by atoms with Crippen LogP contribution < -0.4 is 10.1 Å². The molecule has 0 radical (unpaired) electrons. The van der Waals surface area contributed by atoms with E-state index in [0.717, 1.165) is 30.7 Å². The highest BCUT2D eigenvalue weighted by atomic mass is 16.5. The molecule has 2 rings (SSSR count). The normalized spacial score (nSPS) is 24.7. The van der Waals surface area contributed by atoms with Crippen molar-refractivity contribution in [3.8, 4) is 5.75 Å². The molecule has 1 fully saturated rings. The molecule has 0 heterocycles. The van der Waals surface area contributed by atoms with Crippen molar-refractivity contribution in [2.45, 2.75) is 31.5 Å². The smallest absolute Gasteiger partial charge is 0.123 e. The van der Waals surface area contributed by atoms with Gasteiger partial charge in [0.15, 0.2) is 0 Å². The summed E-state index contributed by atoms with van der Waals surface area (Å²) in [4.78, 5) is 0. The van der Waals surface area contributed by atoms with Crippen LogP contribution in [0.25, 0.3) is 0 Å². The van der Waals surface area contributed by atoms with Gasteiger partial charge in [0.1, 0.15) is 5.75 Å². The van der Waals surface area contributed by atoms with E-state index in [9.17, 15) is 5.11 Å². The van der Waals surface area contributed by atoms with Gasteiger partial charge in [-0.1, -0.05) is 18.2 Å². The van der Waals surface area contributed by atoms with Gasteiger partial charge >= 0.3 is 0 Å². The number of hydrogen-bond acceptors (Lipinski definition) is 3. The molecule has 0 bridgehead atoms. The Morgan fingerprint density at radius 1 is 1.40 bits per heavy atom. The third-order valence-corrected chi connectivity index (χ3v) is 2.99. The number of benzene rings is 1. The van der Waals surface area contributed by atoms with Crippen LogP contribution in [0.5, 0.6) is 5.75 Å². The maximum atomic E-state index is 9.42. The van der Waals surface area contributed by atoms with E-state index in [4.69, 9.17) is 4.74 Å². The first-order valence-electron chi connectivity index (χ1n) is 5.34. The average Bonchev–Trinajstić information content (AvgIpc) is 2.28. The SMILES string of the molecule is COc1ccccc1CN[C@@H]1CC[C@H]1O. The zero-order valence-corrected chi connectivity index (χ0v) is 8.94. The Kier molecular flexibility index (Phi) is 3.23. The van der Waals surface area contributed by atoms with E-state index >= 15 is 0 Å². The Hall–Kier alpha value is -1.06. The van der Waals surface area contributed by atoms with Crippen LogP contribution in [0.15, 0.2) is 24.3 Å². The van der Waals surface area contributed by atoms with Crippen molar-refractivity contribution in [3.63, 3.8) is 0 Å². The molecule has 0 aromatic heterocycles. The van der Waals surface area contributed by atoms with Gasteiger partial charge < -0.3 is 15.2 Å². The van der Waals surface area contributed by atoms with Crippen molar-refractivity contribution in [2.75, 3.05) is 7.11 Å². The van der Waals surface area contributed by atoms with E-state index in [1.165, 1.54) is 0 Å². The molecule has 3 nitrogen and oxygen atoms in total. The molecule has 1 aliphatic carbocycles. The molecule has 1 aromatic rings. The molecule has 82 valence electrons. The molecule has 3 heteroatoms. The second kappa shape index (κ2) is 4.64. The molecule has 15 heavy (non-hydrogen) atoms. The summed E-state index contributed by atoms with van der Waals surface area (Å²) in [5, 5.41) is 12.7. The van der Waals surface area contributed by atoms with Gasteiger partial charge in [0.2, 0.25) is 0 Å². The van der Waals surface area contributed by atoms with Gasteiger partial charge in [-0.2, -0.15) is 0 Å². The zero-order valence-electron chi connectivity index (χ0n) is 8.94. The maximum Gasteiger partial charge on any atom is 0.123 e. The van der Waals surface area contributed by atoms with Crippen LogP contribution in [0.2, 0.25) is 0 Å². The molecular weight excluding hydrogens is 190 g/mol. The largest absolute Gasteiger partial charge is 0.496 e. The number of hydrogen-bond donors (Lipinski definition) is 2. The van der Waals surface area contributed by atoms with E-state index in [0.29, 0.717) is 0 Å². The monoisotopic (exact) mass is 207 g/mol. The topological polar surface area (TPSA) is 41.5 Å². The standard InChI is InChI=1S/C12H17NO2/c1-15-12-5-3-2-4-9(12)8-13-10-6-7-11(10)14/h2-5,10-11,13-14H,6-8H2,1H3/t10-,11-/m1/s1.